The van der Waals surface area contributed by atoms with E-state index in [-0.39, 0.29) is 23.0 Å². The summed E-state index contributed by atoms with van der Waals surface area (Å²) in [5.74, 6) is 1.83. The molecule has 3 nitrogen and oxygen atoms in total. The average molecular weight is 427 g/mol. The van der Waals surface area contributed by atoms with Gasteiger partial charge < -0.3 is 15.3 Å². The maximum absolute atomic E-state index is 11.0. The van der Waals surface area contributed by atoms with Crippen LogP contribution in [0.2, 0.25) is 0 Å². The summed E-state index contributed by atoms with van der Waals surface area (Å²) in [5.41, 5.74) is 2.76. The number of unbranched alkanes of at least 4 members (excludes halogenated alkanes) is 3. The highest BCUT2D eigenvalue weighted by Gasteiger charge is 2.63. The highest BCUT2D eigenvalue weighted by molar-refractivity contribution is 5.43. The summed E-state index contributed by atoms with van der Waals surface area (Å²) < 4.78 is 0. The summed E-state index contributed by atoms with van der Waals surface area (Å²) in [6, 6.07) is 6.02. The molecular weight excluding hydrogens is 384 g/mol. The Bertz CT molecular complexity index is 786. The van der Waals surface area contributed by atoms with Gasteiger partial charge in [-0.05, 0) is 104 Å². The van der Waals surface area contributed by atoms with E-state index in [2.05, 4.69) is 25.6 Å². The molecule has 0 bridgehead atoms. The van der Waals surface area contributed by atoms with Crippen LogP contribution >= 0.6 is 0 Å². The third-order valence-electron chi connectivity index (χ3n) is 9.30. The Morgan fingerprint density at radius 2 is 1.97 bits per heavy atom. The molecule has 0 amide bonds. The number of hydrogen-bond donors (Lipinski definition) is 3. The molecule has 0 spiro atoms. The number of aliphatic hydroxyl groups excluding tert-OH is 2. The smallest absolute Gasteiger partial charge is 0.115 e. The lowest BCUT2D eigenvalue weighted by Crippen LogP contribution is -2.54. The summed E-state index contributed by atoms with van der Waals surface area (Å²) in [7, 11) is 0. The van der Waals surface area contributed by atoms with E-state index in [1.54, 1.807) is 0 Å². The van der Waals surface area contributed by atoms with E-state index >= 15 is 0 Å². The van der Waals surface area contributed by atoms with Gasteiger partial charge in [-0.3, -0.25) is 0 Å². The third kappa shape index (κ3) is 3.97. The highest BCUT2D eigenvalue weighted by Crippen LogP contribution is 2.69. The van der Waals surface area contributed by atoms with Gasteiger partial charge in [0.25, 0.3) is 0 Å². The minimum atomic E-state index is -0.204. The van der Waals surface area contributed by atoms with Gasteiger partial charge in [-0.25, -0.2) is 0 Å². The molecule has 0 radical (unpaired) electrons. The average Bonchev–Trinajstić information content (AvgIpc) is 3.04. The van der Waals surface area contributed by atoms with Crippen molar-refractivity contribution in [3.05, 3.63) is 42.0 Å². The van der Waals surface area contributed by atoms with Gasteiger partial charge in [0.05, 0.1) is 12.2 Å². The van der Waals surface area contributed by atoms with Gasteiger partial charge in [-0.15, -0.1) is 6.58 Å². The second-order valence-electron chi connectivity index (χ2n) is 11.1. The summed E-state index contributed by atoms with van der Waals surface area (Å²) in [5, 5.41) is 30.6. The van der Waals surface area contributed by atoms with Gasteiger partial charge in [-0.1, -0.05) is 44.7 Å². The molecule has 3 N–H and O–H groups in total. The Morgan fingerprint density at radius 3 is 2.71 bits per heavy atom. The van der Waals surface area contributed by atoms with Crippen LogP contribution in [0.15, 0.2) is 30.9 Å². The molecule has 3 heteroatoms. The number of phenols is 1. The van der Waals surface area contributed by atoms with Crippen molar-refractivity contribution in [2.24, 2.45) is 22.7 Å². The van der Waals surface area contributed by atoms with E-state index in [1.165, 1.54) is 36.8 Å². The van der Waals surface area contributed by atoms with Crippen molar-refractivity contribution in [1.29, 1.82) is 0 Å². The maximum atomic E-state index is 11.0. The van der Waals surface area contributed by atoms with Crippen molar-refractivity contribution in [3.63, 3.8) is 0 Å². The fourth-order valence-electron chi connectivity index (χ4n) is 7.89. The Balaban J connectivity index is 1.61. The molecule has 2 saturated carbocycles. The number of aliphatic hydroxyl groups is 2. The number of aryl methyl sites for hydroxylation is 1. The zero-order chi connectivity index (χ0) is 22.2. The van der Waals surface area contributed by atoms with E-state index in [0.717, 1.165) is 44.9 Å². The molecule has 172 valence electrons. The van der Waals surface area contributed by atoms with E-state index in [1.807, 2.05) is 19.1 Å². The van der Waals surface area contributed by atoms with Crippen molar-refractivity contribution in [3.8, 4) is 5.75 Å². The molecular formula is C28H42O3. The SMILES string of the molecule is C=C[C@@]12CCc3cc(O)ccc3[C@H]1[C@@H](CCCCCCC(C)O)C[C@@]1(C)[C@H]2CC[C@@H]1O. The Kier molecular flexibility index (Phi) is 6.57. The lowest BCUT2D eigenvalue weighted by Gasteiger charge is -2.60. The largest absolute Gasteiger partial charge is 0.508 e. The number of hydrogen-bond acceptors (Lipinski definition) is 3. The summed E-state index contributed by atoms with van der Waals surface area (Å²) in [6.45, 7) is 8.60. The Morgan fingerprint density at radius 1 is 1.19 bits per heavy atom. The standard InChI is InChI=1S/C28H42O3/c1-4-28-16-15-20-17-22(30)11-12-23(20)26(28)21(10-8-6-5-7-9-19(2)29)18-27(3)24(28)13-14-25(27)31/h4,11-12,17,19,21,24-26,29-31H,1,5-10,13-16,18H2,2-3H3/t19?,21-,24+,25-,26+,27-,28-/m0/s1. The molecule has 2 fully saturated rings. The topological polar surface area (TPSA) is 60.7 Å². The quantitative estimate of drug-likeness (QED) is 0.347. The summed E-state index contributed by atoms with van der Waals surface area (Å²) >= 11 is 0. The third-order valence-corrected chi connectivity index (χ3v) is 9.30. The number of fused-ring (bicyclic) bond motifs is 5. The van der Waals surface area contributed by atoms with Crippen molar-refractivity contribution in [1.82, 2.24) is 0 Å². The molecule has 0 aromatic heterocycles. The van der Waals surface area contributed by atoms with Gasteiger partial charge in [0, 0.05) is 0 Å². The molecule has 0 aliphatic heterocycles. The molecule has 3 aliphatic rings. The first kappa shape index (κ1) is 22.9. The predicted molar refractivity (Wildman–Crippen MR) is 126 cm³/mol. The monoisotopic (exact) mass is 426 g/mol. The zero-order valence-electron chi connectivity index (χ0n) is 19.5. The number of rotatable bonds is 8. The first-order valence-electron chi connectivity index (χ1n) is 12.6. The maximum Gasteiger partial charge on any atom is 0.115 e. The predicted octanol–water partition coefficient (Wildman–Crippen LogP) is 6.11. The second-order valence-corrected chi connectivity index (χ2v) is 11.1. The van der Waals surface area contributed by atoms with Crippen LogP contribution in [0.25, 0.3) is 0 Å². The van der Waals surface area contributed by atoms with Crippen LogP contribution in [0, 0.1) is 22.7 Å². The minimum Gasteiger partial charge on any atom is -0.508 e. The first-order chi connectivity index (χ1) is 14.8. The van der Waals surface area contributed by atoms with Gasteiger partial charge >= 0.3 is 0 Å². The first-order valence-corrected chi connectivity index (χ1v) is 12.6. The van der Waals surface area contributed by atoms with E-state index < -0.39 is 0 Å². The van der Waals surface area contributed by atoms with Crippen molar-refractivity contribution >= 4 is 0 Å². The lowest BCUT2D eigenvalue weighted by molar-refractivity contribution is -0.0812. The summed E-state index contributed by atoms with van der Waals surface area (Å²) in [4.78, 5) is 0. The fourth-order valence-corrected chi connectivity index (χ4v) is 7.89. The summed E-state index contributed by atoms with van der Waals surface area (Å²) in [6.07, 6.45) is 13.8. The Labute approximate surface area is 188 Å². The van der Waals surface area contributed by atoms with Crippen molar-refractivity contribution in [2.45, 2.75) is 103 Å². The van der Waals surface area contributed by atoms with Crippen molar-refractivity contribution in [2.75, 3.05) is 0 Å². The molecule has 7 atom stereocenters. The molecule has 3 aliphatic carbocycles. The van der Waals surface area contributed by atoms with Crippen LogP contribution in [0.5, 0.6) is 5.75 Å². The Hall–Kier alpha value is -1.32. The fraction of sp³-hybridized carbons (Fsp3) is 0.714. The normalized spacial score (nSPS) is 37.5. The molecule has 1 unspecified atom stereocenters. The number of phenolic OH excluding ortho intramolecular Hbond substituents is 1. The molecule has 31 heavy (non-hydrogen) atoms. The molecule has 4 rings (SSSR count). The molecule has 0 saturated heterocycles. The van der Waals surface area contributed by atoms with Gasteiger partial charge in [-0.2, -0.15) is 0 Å². The zero-order valence-corrected chi connectivity index (χ0v) is 19.5. The van der Waals surface area contributed by atoms with Crippen LogP contribution in [-0.2, 0) is 6.42 Å². The molecule has 1 aromatic rings. The molecule has 0 heterocycles. The number of benzene rings is 1. The number of allylic oxidation sites excluding steroid dienone is 1. The van der Waals surface area contributed by atoms with Crippen LogP contribution in [0.3, 0.4) is 0 Å². The van der Waals surface area contributed by atoms with Crippen molar-refractivity contribution < 1.29 is 15.3 Å². The van der Waals surface area contributed by atoms with E-state index in [9.17, 15) is 15.3 Å². The van der Waals surface area contributed by atoms with Crippen LogP contribution < -0.4 is 0 Å². The van der Waals surface area contributed by atoms with E-state index in [4.69, 9.17) is 0 Å². The van der Waals surface area contributed by atoms with E-state index in [0.29, 0.717) is 23.5 Å². The minimum absolute atomic E-state index is 0.0178. The van der Waals surface area contributed by atoms with Gasteiger partial charge in [0.15, 0.2) is 0 Å². The highest BCUT2D eigenvalue weighted by atomic mass is 16.3. The second kappa shape index (κ2) is 8.90. The van der Waals surface area contributed by atoms with Gasteiger partial charge in [0.2, 0.25) is 0 Å². The van der Waals surface area contributed by atoms with Crippen LogP contribution in [-0.4, -0.2) is 27.5 Å². The molecule has 1 aromatic carbocycles. The van der Waals surface area contributed by atoms with Gasteiger partial charge in [0.1, 0.15) is 5.75 Å². The van der Waals surface area contributed by atoms with Crippen LogP contribution in [0.4, 0.5) is 0 Å². The number of aromatic hydroxyl groups is 1. The van der Waals surface area contributed by atoms with Crippen LogP contribution in [0.1, 0.15) is 95.1 Å². The lowest BCUT2D eigenvalue weighted by atomic mass is 9.44.